The zero-order chi connectivity index (χ0) is 15.6. The minimum absolute atomic E-state index is 0.0123. The summed E-state index contributed by atoms with van der Waals surface area (Å²) in [4.78, 5) is 37.3. The summed E-state index contributed by atoms with van der Waals surface area (Å²) in [6.07, 6.45) is 0. The highest BCUT2D eigenvalue weighted by molar-refractivity contribution is 6.06. The maximum Gasteiger partial charge on any atom is 0.327 e. The highest BCUT2D eigenvalue weighted by atomic mass is 16.5. The average Bonchev–Trinajstić information content (AvgIpc) is 2.65. The second-order valence-corrected chi connectivity index (χ2v) is 4.62. The molecule has 0 saturated carbocycles. The number of hydrogen-bond acceptors (Lipinski definition) is 5. The van der Waals surface area contributed by atoms with Gasteiger partial charge >= 0.3 is 6.03 Å². The van der Waals surface area contributed by atoms with Crippen LogP contribution in [0.2, 0.25) is 0 Å². The molecule has 0 unspecified atom stereocenters. The van der Waals surface area contributed by atoms with Gasteiger partial charge in [-0.25, -0.2) is 4.79 Å². The molecule has 3 N–H and O–H groups in total. The monoisotopic (exact) mass is 292 g/mol. The molecular formula is C13H16N4O4. The molecule has 1 aliphatic rings. The largest absolute Gasteiger partial charge is 0.495 e. The molecule has 0 radical (unpaired) electrons. The van der Waals surface area contributed by atoms with Crippen LogP contribution in [-0.4, -0.2) is 54.9 Å². The van der Waals surface area contributed by atoms with E-state index < -0.39 is 17.8 Å². The van der Waals surface area contributed by atoms with E-state index >= 15 is 0 Å². The molecular weight excluding hydrogens is 276 g/mol. The van der Waals surface area contributed by atoms with Gasteiger partial charge in [-0.3, -0.25) is 14.5 Å². The lowest BCUT2D eigenvalue weighted by Crippen LogP contribution is -2.38. The third kappa shape index (κ3) is 3.04. The van der Waals surface area contributed by atoms with Crippen molar-refractivity contribution < 1.29 is 19.1 Å². The molecule has 1 aromatic rings. The van der Waals surface area contributed by atoms with E-state index in [0.29, 0.717) is 17.1 Å². The Morgan fingerprint density at radius 3 is 2.67 bits per heavy atom. The SMILES string of the molecule is COc1ccc(NC(=O)CN2C(=O)CN(C)C2=O)cc1N. The first kappa shape index (κ1) is 14.6. The lowest BCUT2D eigenvalue weighted by molar-refractivity contribution is -0.129. The topological polar surface area (TPSA) is 105 Å². The highest BCUT2D eigenvalue weighted by Gasteiger charge is 2.34. The predicted octanol–water partition coefficient (Wildman–Crippen LogP) is 0.110. The van der Waals surface area contributed by atoms with Crippen LogP contribution in [0.1, 0.15) is 0 Å². The van der Waals surface area contributed by atoms with E-state index in [1.54, 1.807) is 12.1 Å². The van der Waals surface area contributed by atoms with E-state index in [-0.39, 0.29) is 13.1 Å². The molecule has 2 rings (SSSR count). The fourth-order valence-electron chi connectivity index (χ4n) is 1.98. The van der Waals surface area contributed by atoms with Gasteiger partial charge in [-0.2, -0.15) is 0 Å². The molecule has 4 amide bonds. The summed E-state index contributed by atoms with van der Waals surface area (Å²) in [6.45, 7) is -0.338. The molecule has 112 valence electrons. The van der Waals surface area contributed by atoms with Gasteiger partial charge in [0, 0.05) is 12.7 Å². The van der Waals surface area contributed by atoms with Crippen LogP contribution in [0, 0.1) is 0 Å². The molecule has 1 fully saturated rings. The number of benzene rings is 1. The van der Waals surface area contributed by atoms with Crippen molar-refractivity contribution in [1.29, 1.82) is 0 Å². The molecule has 0 bridgehead atoms. The molecule has 0 aromatic heterocycles. The van der Waals surface area contributed by atoms with Gasteiger partial charge in [0.1, 0.15) is 18.8 Å². The molecule has 0 aliphatic carbocycles. The van der Waals surface area contributed by atoms with Crippen molar-refractivity contribution in [3.05, 3.63) is 18.2 Å². The molecule has 1 saturated heterocycles. The quantitative estimate of drug-likeness (QED) is 0.605. The number of likely N-dealkylation sites (N-methyl/N-ethyl adjacent to an activating group) is 1. The minimum Gasteiger partial charge on any atom is -0.495 e. The number of rotatable bonds is 4. The summed E-state index contributed by atoms with van der Waals surface area (Å²) in [5.74, 6) is -0.372. The van der Waals surface area contributed by atoms with E-state index in [1.165, 1.54) is 25.1 Å². The van der Waals surface area contributed by atoms with Crippen LogP contribution in [0.5, 0.6) is 5.75 Å². The predicted molar refractivity (Wildman–Crippen MR) is 75.8 cm³/mol. The van der Waals surface area contributed by atoms with Crippen LogP contribution >= 0.6 is 0 Å². The number of anilines is 2. The summed E-state index contributed by atoms with van der Waals surface area (Å²) in [5, 5.41) is 2.58. The van der Waals surface area contributed by atoms with E-state index in [4.69, 9.17) is 10.5 Å². The van der Waals surface area contributed by atoms with Crippen molar-refractivity contribution in [2.45, 2.75) is 0 Å². The van der Waals surface area contributed by atoms with Crippen molar-refractivity contribution in [1.82, 2.24) is 9.80 Å². The second-order valence-electron chi connectivity index (χ2n) is 4.62. The maximum atomic E-state index is 11.9. The number of amides is 4. The molecule has 21 heavy (non-hydrogen) atoms. The van der Waals surface area contributed by atoms with E-state index in [1.807, 2.05) is 0 Å². The fourth-order valence-corrected chi connectivity index (χ4v) is 1.98. The molecule has 0 spiro atoms. The normalized spacial score (nSPS) is 14.6. The Morgan fingerprint density at radius 1 is 1.43 bits per heavy atom. The van der Waals surface area contributed by atoms with E-state index in [2.05, 4.69) is 5.32 Å². The fraction of sp³-hybridized carbons (Fsp3) is 0.308. The van der Waals surface area contributed by atoms with Crippen LogP contribution in [-0.2, 0) is 9.59 Å². The van der Waals surface area contributed by atoms with Crippen molar-refractivity contribution in [2.24, 2.45) is 0 Å². The summed E-state index contributed by atoms with van der Waals surface area (Å²) < 4.78 is 5.01. The average molecular weight is 292 g/mol. The Labute approximate surface area is 121 Å². The first-order valence-corrected chi connectivity index (χ1v) is 6.21. The first-order valence-electron chi connectivity index (χ1n) is 6.21. The smallest absolute Gasteiger partial charge is 0.327 e. The van der Waals surface area contributed by atoms with Gasteiger partial charge in [0.05, 0.1) is 12.8 Å². The third-order valence-electron chi connectivity index (χ3n) is 3.05. The van der Waals surface area contributed by atoms with Gasteiger partial charge in [-0.15, -0.1) is 0 Å². The van der Waals surface area contributed by atoms with Crippen LogP contribution in [0.4, 0.5) is 16.2 Å². The number of nitrogen functional groups attached to an aromatic ring is 1. The van der Waals surface area contributed by atoms with Crippen LogP contribution in [0.3, 0.4) is 0 Å². The number of ether oxygens (including phenoxy) is 1. The van der Waals surface area contributed by atoms with Gasteiger partial charge in [0.15, 0.2) is 0 Å². The summed E-state index contributed by atoms with van der Waals surface area (Å²) in [5.41, 5.74) is 6.57. The molecule has 8 nitrogen and oxygen atoms in total. The number of imide groups is 1. The Morgan fingerprint density at radius 2 is 2.14 bits per heavy atom. The molecule has 8 heteroatoms. The van der Waals surface area contributed by atoms with Crippen LogP contribution in [0.15, 0.2) is 18.2 Å². The number of carbonyl (C=O) groups is 3. The number of carbonyl (C=O) groups excluding carboxylic acids is 3. The van der Waals surface area contributed by atoms with E-state index in [9.17, 15) is 14.4 Å². The van der Waals surface area contributed by atoms with Gasteiger partial charge in [0.2, 0.25) is 5.91 Å². The molecule has 1 heterocycles. The second kappa shape index (κ2) is 5.70. The third-order valence-corrected chi connectivity index (χ3v) is 3.05. The molecule has 1 aromatic carbocycles. The Bertz CT molecular complexity index is 602. The zero-order valence-corrected chi connectivity index (χ0v) is 11.8. The lowest BCUT2D eigenvalue weighted by Gasteiger charge is -2.14. The van der Waals surface area contributed by atoms with Crippen molar-refractivity contribution in [3.63, 3.8) is 0 Å². The van der Waals surface area contributed by atoms with Crippen molar-refractivity contribution >= 4 is 29.2 Å². The number of hydrogen-bond donors (Lipinski definition) is 2. The van der Waals surface area contributed by atoms with Gasteiger partial charge < -0.3 is 20.7 Å². The number of nitrogens with one attached hydrogen (secondary N) is 1. The number of methoxy groups -OCH3 is 1. The van der Waals surface area contributed by atoms with Gasteiger partial charge in [-0.05, 0) is 18.2 Å². The summed E-state index contributed by atoms with van der Waals surface area (Å²) >= 11 is 0. The Kier molecular flexibility index (Phi) is 3.97. The number of nitrogens with zero attached hydrogens (tertiary/aromatic N) is 2. The van der Waals surface area contributed by atoms with E-state index in [0.717, 1.165) is 4.90 Å². The molecule has 1 aliphatic heterocycles. The summed E-state index contributed by atoms with van der Waals surface area (Å²) in [6, 6.07) is 4.29. The van der Waals surface area contributed by atoms with Crippen molar-refractivity contribution in [3.8, 4) is 5.75 Å². The standard InChI is InChI=1S/C13H16N4O4/c1-16-7-12(19)17(13(16)20)6-11(18)15-8-3-4-10(21-2)9(14)5-8/h3-5H,6-7,14H2,1-2H3,(H,15,18). The maximum absolute atomic E-state index is 11.9. The van der Waals surface area contributed by atoms with Crippen molar-refractivity contribution in [2.75, 3.05) is 38.3 Å². The first-order chi connectivity index (χ1) is 9.92. The number of nitrogens with two attached hydrogens (primary N) is 1. The van der Waals surface area contributed by atoms with Crippen LogP contribution in [0.25, 0.3) is 0 Å². The minimum atomic E-state index is -0.482. The summed E-state index contributed by atoms with van der Waals surface area (Å²) in [7, 11) is 2.99. The highest BCUT2D eigenvalue weighted by Crippen LogP contribution is 2.24. The van der Waals surface area contributed by atoms with Crippen LogP contribution < -0.4 is 15.8 Å². The Balaban J connectivity index is 2.00. The Hall–Kier alpha value is -2.77. The van der Waals surface area contributed by atoms with Gasteiger partial charge in [-0.1, -0.05) is 0 Å². The number of urea groups is 1. The van der Waals surface area contributed by atoms with Gasteiger partial charge in [0.25, 0.3) is 5.91 Å². The zero-order valence-electron chi connectivity index (χ0n) is 11.8. The lowest BCUT2D eigenvalue weighted by atomic mass is 10.2. The molecule has 0 atom stereocenters.